The van der Waals surface area contributed by atoms with Crippen molar-refractivity contribution in [2.45, 2.75) is 51.7 Å². The van der Waals surface area contributed by atoms with Crippen molar-refractivity contribution in [3.8, 4) is 0 Å². The molecule has 1 aromatic carbocycles. The first-order chi connectivity index (χ1) is 14.0. The lowest BCUT2D eigenvalue weighted by Gasteiger charge is -2.33. The van der Waals surface area contributed by atoms with Crippen LogP contribution in [0.3, 0.4) is 0 Å². The van der Waals surface area contributed by atoms with Gasteiger partial charge < -0.3 is 9.53 Å². The zero-order valence-electron chi connectivity index (χ0n) is 17.7. The maximum absolute atomic E-state index is 10.9. The Hall–Kier alpha value is -1.58. The predicted octanol–water partition coefficient (Wildman–Crippen LogP) is 5.31. The van der Waals surface area contributed by atoms with Gasteiger partial charge in [-0.1, -0.05) is 39.7 Å². The lowest BCUT2D eigenvalue weighted by molar-refractivity contribution is 0.0898. The minimum absolute atomic E-state index is 0.207. The molecule has 6 nitrogen and oxygen atoms in total. The molecule has 0 fully saturated rings. The monoisotopic (exact) mass is 508 g/mol. The van der Waals surface area contributed by atoms with Gasteiger partial charge in [0.25, 0.3) is 0 Å². The van der Waals surface area contributed by atoms with Gasteiger partial charge in [-0.05, 0) is 57.3 Å². The second-order valence-corrected chi connectivity index (χ2v) is 14.3. The van der Waals surface area contributed by atoms with Gasteiger partial charge in [-0.2, -0.15) is 5.10 Å². The molecule has 0 saturated carbocycles. The lowest BCUT2D eigenvalue weighted by atomic mass is 10.0. The number of halogens is 2. The smallest absolute Gasteiger partial charge is 0.185 e. The van der Waals surface area contributed by atoms with Gasteiger partial charge >= 0.3 is 0 Å². The van der Waals surface area contributed by atoms with Gasteiger partial charge in [0.1, 0.15) is 17.6 Å². The predicted molar refractivity (Wildman–Crippen MR) is 124 cm³/mol. The molecule has 1 atom stereocenters. The Kier molecular flexibility index (Phi) is 6.83. The van der Waals surface area contributed by atoms with Crippen molar-refractivity contribution in [3.63, 3.8) is 0 Å². The van der Waals surface area contributed by atoms with E-state index in [-0.39, 0.29) is 5.15 Å². The number of hydrogen-bond donors (Lipinski definition) is 1. The molecule has 30 heavy (non-hydrogen) atoms. The summed E-state index contributed by atoms with van der Waals surface area (Å²) in [4.78, 5) is 7.95. The summed E-state index contributed by atoms with van der Waals surface area (Å²) in [6.07, 6.45) is 1.82. The van der Waals surface area contributed by atoms with Crippen LogP contribution in [0, 0.1) is 0 Å². The molecule has 1 N–H and O–H groups in total. The fourth-order valence-corrected chi connectivity index (χ4v) is 5.75. The minimum Gasteiger partial charge on any atom is -0.407 e. The number of rotatable bonds is 7. The van der Waals surface area contributed by atoms with Crippen LogP contribution in [0.25, 0.3) is 0 Å². The van der Waals surface area contributed by atoms with Gasteiger partial charge in [-0.15, -0.1) is 0 Å². The molecule has 0 saturated heterocycles. The third kappa shape index (κ3) is 5.56. The molecule has 0 aliphatic rings. The van der Waals surface area contributed by atoms with Crippen molar-refractivity contribution in [1.82, 2.24) is 19.7 Å². The van der Waals surface area contributed by atoms with E-state index in [9.17, 15) is 5.11 Å². The second-order valence-electron chi connectivity index (χ2n) is 8.64. The highest BCUT2D eigenvalue weighted by molar-refractivity contribution is 9.10. The summed E-state index contributed by atoms with van der Waals surface area (Å²) in [5, 5.41) is 15.9. The SMILES string of the molecule is CC(C)(O[Si](C)(C)C)c1cc(C(O)c2cncnc2Cl)nn1Cc1cccc(Br)c1. The van der Waals surface area contributed by atoms with E-state index in [0.29, 0.717) is 17.8 Å². The molecule has 3 rings (SSSR count). The highest BCUT2D eigenvalue weighted by Crippen LogP contribution is 2.33. The fraction of sp³-hybridized carbons (Fsp3) is 0.381. The number of aliphatic hydroxyl groups is 1. The molecule has 0 bridgehead atoms. The van der Waals surface area contributed by atoms with Crippen LogP contribution in [-0.2, 0) is 16.6 Å². The van der Waals surface area contributed by atoms with E-state index in [2.05, 4.69) is 51.6 Å². The molecule has 3 aromatic rings. The Bertz CT molecular complexity index is 1040. The van der Waals surface area contributed by atoms with Crippen LogP contribution in [0.2, 0.25) is 24.8 Å². The highest BCUT2D eigenvalue weighted by Gasteiger charge is 2.33. The van der Waals surface area contributed by atoms with Crippen molar-refractivity contribution >= 4 is 35.8 Å². The largest absolute Gasteiger partial charge is 0.407 e. The Labute approximate surface area is 191 Å². The second kappa shape index (κ2) is 8.88. The average molecular weight is 510 g/mol. The first-order valence-corrected chi connectivity index (χ1v) is 14.2. The molecule has 160 valence electrons. The van der Waals surface area contributed by atoms with Crippen LogP contribution < -0.4 is 0 Å². The standard InChI is InChI=1S/C21H26BrClN4O2Si/c1-21(2,29-30(3,4)5)18-10-17(19(28)16-11-24-13-25-20(16)23)26-27(18)12-14-7-6-8-15(22)9-14/h6-11,13,19,28H,12H2,1-5H3. The zero-order valence-corrected chi connectivity index (χ0v) is 21.1. The zero-order chi connectivity index (χ0) is 22.1. The van der Waals surface area contributed by atoms with E-state index >= 15 is 0 Å². The van der Waals surface area contributed by atoms with Crippen LogP contribution >= 0.6 is 27.5 Å². The Morgan fingerprint density at radius 2 is 2.00 bits per heavy atom. The summed E-state index contributed by atoms with van der Waals surface area (Å²) in [6.45, 7) is 11.1. The molecule has 2 heterocycles. The summed E-state index contributed by atoms with van der Waals surface area (Å²) in [6, 6.07) is 9.95. The van der Waals surface area contributed by atoms with E-state index in [0.717, 1.165) is 15.7 Å². The lowest BCUT2D eigenvalue weighted by Crippen LogP contribution is -2.38. The van der Waals surface area contributed by atoms with Gasteiger partial charge in [0.05, 0.1) is 23.5 Å². The molecule has 0 aliphatic heterocycles. The van der Waals surface area contributed by atoms with Gasteiger partial charge in [0.15, 0.2) is 8.32 Å². The minimum atomic E-state index is -1.84. The normalized spacial score (nSPS) is 13.5. The molecular formula is C21H26BrClN4O2Si. The van der Waals surface area contributed by atoms with Crippen molar-refractivity contribution in [1.29, 1.82) is 0 Å². The molecule has 0 spiro atoms. The number of benzene rings is 1. The number of aliphatic hydroxyl groups excluding tert-OH is 1. The van der Waals surface area contributed by atoms with Gasteiger partial charge in [-0.25, -0.2) is 9.97 Å². The Balaban J connectivity index is 2.06. The summed E-state index contributed by atoms with van der Waals surface area (Å²) in [5.41, 5.74) is 2.27. The van der Waals surface area contributed by atoms with Crippen LogP contribution in [0.15, 0.2) is 47.3 Å². The Morgan fingerprint density at radius 3 is 2.63 bits per heavy atom. The van der Waals surface area contributed by atoms with Crippen LogP contribution in [0.1, 0.15) is 42.5 Å². The van der Waals surface area contributed by atoms with E-state index in [4.69, 9.17) is 21.1 Å². The third-order valence-electron chi connectivity index (χ3n) is 4.46. The van der Waals surface area contributed by atoms with E-state index in [1.807, 2.05) is 42.8 Å². The first-order valence-electron chi connectivity index (χ1n) is 9.62. The van der Waals surface area contributed by atoms with E-state index < -0.39 is 20.0 Å². The molecular weight excluding hydrogens is 484 g/mol. The van der Waals surface area contributed by atoms with Crippen LogP contribution in [-0.4, -0.2) is 33.2 Å². The van der Waals surface area contributed by atoms with Crippen molar-refractivity contribution in [2.75, 3.05) is 0 Å². The number of hydrogen-bond acceptors (Lipinski definition) is 5. The van der Waals surface area contributed by atoms with E-state index in [1.165, 1.54) is 12.5 Å². The van der Waals surface area contributed by atoms with Crippen molar-refractivity contribution < 1.29 is 9.53 Å². The van der Waals surface area contributed by atoms with Gasteiger partial charge in [0, 0.05) is 16.2 Å². The Morgan fingerprint density at radius 1 is 1.27 bits per heavy atom. The molecule has 2 aromatic heterocycles. The highest BCUT2D eigenvalue weighted by atomic mass is 79.9. The maximum Gasteiger partial charge on any atom is 0.185 e. The molecule has 0 radical (unpaired) electrons. The summed E-state index contributed by atoms with van der Waals surface area (Å²) >= 11 is 9.69. The van der Waals surface area contributed by atoms with Crippen LogP contribution in [0.4, 0.5) is 0 Å². The fourth-order valence-electron chi connectivity index (χ4n) is 3.47. The molecule has 1 unspecified atom stereocenters. The van der Waals surface area contributed by atoms with Crippen molar-refractivity contribution in [3.05, 3.63) is 75.0 Å². The summed E-state index contributed by atoms with van der Waals surface area (Å²) in [5.74, 6) is 0. The number of nitrogens with zero attached hydrogens (tertiary/aromatic N) is 4. The van der Waals surface area contributed by atoms with Crippen molar-refractivity contribution in [2.24, 2.45) is 0 Å². The summed E-state index contributed by atoms with van der Waals surface area (Å²) in [7, 11) is -1.84. The topological polar surface area (TPSA) is 73.1 Å². The molecule has 0 aliphatic carbocycles. The van der Waals surface area contributed by atoms with E-state index in [1.54, 1.807) is 0 Å². The molecule has 9 heteroatoms. The summed E-state index contributed by atoms with van der Waals surface area (Å²) < 4.78 is 9.36. The van der Waals surface area contributed by atoms with Gasteiger partial charge in [-0.3, -0.25) is 4.68 Å². The quantitative estimate of drug-likeness (QED) is 0.345. The maximum atomic E-state index is 10.9. The molecule has 0 amide bonds. The van der Waals surface area contributed by atoms with Gasteiger partial charge in [0.2, 0.25) is 0 Å². The first kappa shape index (κ1) is 23.1. The number of aromatic nitrogens is 4. The van der Waals surface area contributed by atoms with Crippen LogP contribution in [0.5, 0.6) is 0 Å². The average Bonchev–Trinajstić information content (AvgIpc) is 3.04. The third-order valence-corrected chi connectivity index (χ3v) is 6.39.